The Kier molecular flexibility index (Phi) is 7.85. The van der Waals surface area contributed by atoms with Crippen LogP contribution in [0.25, 0.3) is 0 Å². The molecular weight excluding hydrogens is 340 g/mol. The third kappa shape index (κ3) is 7.83. The fraction of sp³-hybridized carbons (Fsp3) is 0.524. The lowest BCUT2D eigenvalue weighted by atomic mass is 10.0. The summed E-state index contributed by atoms with van der Waals surface area (Å²) >= 11 is 0. The van der Waals surface area contributed by atoms with Gasteiger partial charge in [0.15, 0.2) is 0 Å². The van der Waals surface area contributed by atoms with Crippen LogP contribution in [0, 0.1) is 6.92 Å². The van der Waals surface area contributed by atoms with Crippen LogP contribution in [0.2, 0.25) is 0 Å². The van der Waals surface area contributed by atoms with Gasteiger partial charge in [-0.15, -0.1) is 0 Å². The molecule has 27 heavy (non-hydrogen) atoms. The lowest BCUT2D eigenvalue weighted by molar-refractivity contribution is -0.138. The zero-order valence-corrected chi connectivity index (χ0v) is 16.9. The van der Waals surface area contributed by atoms with Crippen LogP contribution in [0.15, 0.2) is 36.7 Å². The van der Waals surface area contributed by atoms with Gasteiger partial charge in [-0.1, -0.05) is 12.1 Å². The van der Waals surface area contributed by atoms with Crippen molar-refractivity contribution in [3.05, 3.63) is 47.8 Å². The van der Waals surface area contributed by atoms with Gasteiger partial charge in [0.1, 0.15) is 5.60 Å². The summed E-state index contributed by atoms with van der Waals surface area (Å²) in [6, 6.07) is 9.20. The number of hydrogen-bond acceptors (Lipinski definition) is 5. The van der Waals surface area contributed by atoms with E-state index in [1.807, 2.05) is 43.9 Å². The number of nitrogens with one attached hydrogen (secondary N) is 2. The average Bonchev–Trinajstić information content (AvgIpc) is 3.11. The molecule has 0 radical (unpaired) electrons. The molecule has 6 heteroatoms. The molecule has 1 aromatic carbocycles. The number of hydrogen-bond donors (Lipinski definition) is 2. The second kappa shape index (κ2) is 10.1. The van der Waals surface area contributed by atoms with Gasteiger partial charge in [0.05, 0.1) is 6.54 Å². The molecule has 0 atom stereocenters. The van der Waals surface area contributed by atoms with Crippen LogP contribution in [0.4, 0.5) is 5.69 Å². The Balaban J connectivity index is 0.000000321. The SMILES string of the molecule is CC(C)(C)OC=O.Cc1ccc(Cn2cccn2)cc1NC1CCNCC1. The quantitative estimate of drug-likeness (QED) is 0.788. The molecule has 2 N–H and O–H groups in total. The van der Waals surface area contributed by atoms with Gasteiger partial charge in [0.25, 0.3) is 6.47 Å². The number of aromatic nitrogens is 2. The summed E-state index contributed by atoms with van der Waals surface area (Å²) in [5, 5.41) is 11.4. The Morgan fingerprint density at radius 2 is 2.07 bits per heavy atom. The van der Waals surface area contributed by atoms with E-state index in [1.165, 1.54) is 29.7 Å². The van der Waals surface area contributed by atoms with E-state index in [-0.39, 0.29) is 5.60 Å². The number of rotatable bonds is 5. The largest absolute Gasteiger partial charge is 0.462 e. The van der Waals surface area contributed by atoms with Crippen LogP contribution < -0.4 is 10.6 Å². The smallest absolute Gasteiger partial charge is 0.293 e. The van der Waals surface area contributed by atoms with E-state index < -0.39 is 0 Å². The molecule has 0 amide bonds. The number of nitrogens with zero attached hydrogens (tertiary/aromatic N) is 2. The lowest BCUT2D eigenvalue weighted by Crippen LogP contribution is -2.35. The van der Waals surface area contributed by atoms with E-state index in [2.05, 4.69) is 45.6 Å². The summed E-state index contributed by atoms with van der Waals surface area (Å²) in [6.45, 7) is 11.1. The fourth-order valence-corrected chi connectivity index (χ4v) is 2.83. The normalized spacial score (nSPS) is 14.8. The van der Waals surface area contributed by atoms with Crippen molar-refractivity contribution in [1.29, 1.82) is 0 Å². The fourth-order valence-electron chi connectivity index (χ4n) is 2.83. The van der Waals surface area contributed by atoms with E-state index in [0.29, 0.717) is 12.5 Å². The number of piperidine rings is 1. The predicted molar refractivity (Wildman–Crippen MR) is 109 cm³/mol. The molecule has 1 aromatic heterocycles. The van der Waals surface area contributed by atoms with Crippen LogP contribution in [-0.2, 0) is 16.1 Å². The topological polar surface area (TPSA) is 68.2 Å². The van der Waals surface area contributed by atoms with Crippen molar-refractivity contribution in [3.63, 3.8) is 0 Å². The molecule has 1 aliphatic heterocycles. The molecule has 6 nitrogen and oxygen atoms in total. The Labute approximate surface area is 162 Å². The highest BCUT2D eigenvalue weighted by Gasteiger charge is 2.13. The van der Waals surface area contributed by atoms with E-state index in [9.17, 15) is 4.79 Å². The van der Waals surface area contributed by atoms with E-state index >= 15 is 0 Å². The first-order valence-corrected chi connectivity index (χ1v) is 9.53. The first kappa shape index (κ1) is 21.0. The van der Waals surface area contributed by atoms with Gasteiger partial charge in [-0.25, -0.2) is 0 Å². The highest BCUT2D eigenvalue weighted by atomic mass is 16.5. The number of aryl methyl sites for hydroxylation is 1. The summed E-state index contributed by atoms with van der Waals surface area (Å²) in [7, 11) is 0. The van der Waals surface area contributed by atoms with Gasteiger partial charge < -0.3 is 15.4 Å². The van der Waals surface area contributed by atoms with Crippen LogP contribution in [0.1, 0.15) is 44.7 Å². The summed E-state index contributed by atoms with van der Waals surface area (Å²) in [5.41, 5.74) is 3.55. The minimum absolute atomic E-state index is 0.318. The maximum atomic E-state index is 9.60. The van der Waals surface area contributed by atoms with E-state index in [1.54, 1.807) is 0 Å². The van der Waals surface area contributed by atoms with Gasteiger partial charge in [-0.3, -0.25) is 9.48 Å². The van der Waals surface area contributed by atoms with Crippen molar-refractivity contribution in [1.82, 2.24) is 15.1 Å². The highest BCUT2D eigenvalue weighted by molar-refractivity contribution is 5.53. The maximum absolute atomic E-state index is 9.60. The first-order chi connectivity index (χ1) is 12.9. The maximum Gasteiger partial charge on any atom is 0.293 e. The first-order valence-electron chi connectivity index (χ1n) is 9.53. The monoisotopic (exact) mass is 372 g/mol. The van der Waals surface area contributed by atoms with E-state index in [4.69, 9.17) is 0 Å². The molecule has 0 bridgehead atoms. The predicted octanol–water partition coefficient (Wildman–Crippen LogP) is 3.36. The second-order valence-electron chi connectivity index (χ2n) is 7.85. The van der Waals surface area contributed by atoms with Crippen molar-refractivity contribution in [2.24, 2.45) is 0 Å². The molecule has 148 valence electrons. The highest BCUT2D eigenvalue weighted by Crippen LogP contribution is 2.20. The molecule has 3 rings (SSSR count). The minimum Gasteiger partial charge on any atom is -0.462 e. The number of anilines is 1. The number of carbonyl (C=O) groups is 1. The molecule has 0 spiro atoms. The van der Waals surface area contributed by atoms with Crippen LogP contribution in [-0.4, -0.2) is 41.0 Å². The average molecular weight is 373 g/mol. The van der Waals surface area contributed by atoms with Crippen LogP contribution in [0.3, 0.4) is 0 Å². The molecule has 1 fully saturated rings. The molecule has 2 aromatic rings. The molecule has 2 heterocycles. The van der Waals surface area contributed by atoms with Crippen molar-refractivity contribution >= 4 is 12.2 Å². The summed E-state index contributed by atoms with van der Waals surface area (Å²) in [4.78, 5) is 9.60. The molecule has 1 aliphatic rings. The van der Waals surface area contributed by atoms with Gasteiger partial charge in [-0.2, -0.15) is 5.10 Å². The molecule has 0 unspecified atom stereocenters. The van der Waals surface area contributed by atoms with Gasteiger partial charge in [0.2, 0.25) is 0 Å². The molecule has 0 aliphatic carbocycles. The third-order valence-electron chi connectivity index (χ3n) is 4.31. The standard InChI is InChI=1S/C16H22N4.C5H10O2/c1-13-3-4-14(12-20-10-2-7-18-20)11-16(13)19-15-5-8-17-9-6-15;1-5(2,3)7-4-6/h2-4,7,10-11,15,17,19H,5-6,8-9,12H2,1H3;4H,1-3H3. The molecule has 0 saturated carbocycles. The van der Waals surface area contributed by atoms with Gasteiger partial charge in [-0.05, 0) is 76.9 Å². The Morgan fingerprint density at radius 1 is 1.33 bits per heavy atom. The lowest BCUT2D eigenvalue weighted by Gasteiger charge is -2.25. The number of carbonyl (C=O) groups excluding carboxylic acids is 1. The summed E-state index contributed by atoms with van der Waals surface area (Å²) in [6.07, 6.45) is 6.22. The van der Waals surface area contributed by atoms with Crippen molar-refractivity contribution in [2.75, 3.05) is 18.4 Å². The van der Waals surface area contributed by atoms with Gasteiger partial charge in [0, 0.05) is 24.1 Å². The van der Waals surface area contributed by atoms with Crippen molar-refractivity contribution in [2.45, 2.75) is 58.7 Å². The zero-order valence-electron chi connectivity index (χ0n) is 16.9. The molecule has 1 saturated heterocycles. The summed E-state index contributed by atoms with van der Waals surface area (Å²) in [5.74, 6) is 0. The van der Waals surface area contributed by atoms with Gasteiger partial charge >= 0.3 is 0 Å². The number of ether oxygens (including phenoxy) is 1. The van der Waals surface area contributed by atoms with Crippen molar-refractivity contribution in [3.8, 4) is 0 Å². The van der Waals surface area contributed by atoms with Crippen LogP contribution >= 0.6 is 0 Å². The molecular formula is C21H32N4O2. The Hall–Kier alpha value is -2.34. The zero-order chi connectivity index (χ0) is 19.7. The van der Waals surface area contributed by atoms with Crippen LogP contribution in [0.5, 0.6) is 0 Å². The second-order valence-corrected chi connectivity index (χ2v) is 7.85. The van der Waals surface area contributed by atoms with E-state index in [0.717, 1.165) is 19.6 Å². The Bertz CT molecular complexity index is 687. The number of benzene rings is 1. The minimum atomic E-state index is -0.318. The summed E-state index contributed by atoms with van der Waals surface area (Å²) < 4.78 is 6.51. The third-order valence-corrected chi connectivity index (χ3v) is 4.31. The van der Waals surface area contributed by atoms with Crippen molar-refractivity contribution < 1.29 is 9.53 Å². The Morgan fingerprint density at radius 3 is 2.63 bits per heavy atom.